The molecule has 0 spiro atoms. The molecule has 1 aliphatic rings. The fraction of sp³-hybridized carbons (Fsp3) is 0.316. The molecule has 0 bridgehead atoms. The van der Waals surface area contributed by atoms with E-state index in [0.29, 0.717) is 24.5 Å². The Labute approximate surface area is 157 Å². The molecule has 1 heterocycles. The highest BCUT2D eigenvalue weighted by Gasteiger charge is 2.32. The highest BCUT2D eigenvalue weighted by molar-refractivity contribution is 7.89. The van der Waals surface area contributed by atoms with Gasteiger partial charge in [0.05, 0.1) is 10.6 Å². The molecule has 8 heteroatoms. The number of anilines is 1. The molecular weight excluding hydrogens is 374 g/mol. The Bertz CT molecular complexity index is 955. The van der Waals surface area contributed by atoms with Gasteiger partial charge in [0, 0.05) is 25.1 Å². The van der Waals surface area contributed by atoms with E-state index >= 15 is 0 Å². The first-order valence-electron chi connectivity index (χ1n) is 8.61. The third kappa shape index (κ3) is 4.17. The molecule has 0 aliphatic carbocycles. The minimum absolute atomic E-state index is 0.0867. The van der Waals surface area contributed by atoms with Gasteiger partial charge in [-0.25, -0.2) is 17.2 Å². The summed E-state index contributed by atoms with van der Waals surface area (Å²) in [4.78, 5) is 12.6. The lowest BCUT2D eigenvalue weighted by Gasteiger charge is -2.31. The number of halogens is 2. The standard InChI is InChI=1S/C19H20F2N2O3S/c1-13-4-2-3-5-18(13)27(25,26)23-10-8-14(9-11-23)19(24)22-17-7-6-15(20)12-16(17)21/h2-7,12,14H,8-11H2,1H3,(H,22,24). The number of carbonyl (C=O) groups excluding carboxylic acids is 1. The maximum absolute atomic E-state index is 13.7. The fourth-order valence-electron chi connectivity index (χ4n) is 3.17. The van der Waals surface area contributed by atoms with Crippen molar-refractivity contribution in [2.75, 3.05) is 18.4 Å². The van der Waals surface area contributed by atoms with Gasteiger partial charge in [0.2, 0.25) is 15.9 Å². The van der Waals surface area contributed by atoms with Crippen LogP contribution in [0.3, 0.4) is 0 Å². The van der Waals surface area contributed by atoms with E-state index in [2.05, 4.69) is 5.32 Å². The van der Waals surface area contributed by atoms with Gasteiger partial charge >= 0.3 is 0 Å². The number of hydrogen-bond donors (Lipinski definition) is 1. The Morgan fingerprint density at radius 1 is 1.11 bits per heavy atom. The first-order chi connectivity index (χ1) is 12.8. The maximum Gasteiger partial charge on any atom is 0.243 e. The number of carbonyl (C=O) groups is 1. The lowest BCUT2D eigenvalue weighted by atomic mass is 9.97. The molecule has 5 nitrogen and oxygen atoms in total. The normalized spacial score (nSPS) is 16.3. The molecule has 3 rings (SSSR count). The third-order valence-corrected chi connectivity index (χ3v) is 6.78. The summed E-state index contributed by atoms with van der Waals surface area (Å²) >= 11 is 0. The second kappa shape index (κ2) is 7.74. The van der Waals surface area contributed by atoms with Crippen LogP contribution in [-0.4, -0.2) is 31.7 Å². The number of sulfonamides is 1. The number of rotatable bonds is 4. The Hall–Kier alpha value is -2.32. The van der Waals surface area contributed by atoms with Crippen molar-refractivity contribution in [2.24, 2.45) is 5.92 Å². The number of nitrogens with zero attached hydrogens (tertiary/aromatic N) is 1. The number of piperidine rings is 1. The number of benzene rings is 2. The van der Waals surface area contributed by atoms with Crippen LogP contribution in [0.1, 0.15) is 18.4 Å². The van der Waals surface area contributed by atoms with Gasteiger partial charge in [-0.3, -0.25) is 4.79 Å². The average Bonchev–Trinajstić information content (AvgIpc) is 2.64. The number of nitrogens with one attached hydrogen (secondary N) is 1. The van der Waals surface area contributed by atoms with Crippen molar-refractivity contribution in [2.45, 2.75) is 24.7 Å². The van der Waals surface area contributed by atoms with E-state index in [9.17, 15) is 22.0 Å². The Morgan fingerprint density at radius 3 is 2.41 bits per heavy atom. The van der Waals surface area contributed by atoms with Crippen LogP contribution in [0, 0.1) is 24.5 Å². The summed E-state index contributed by atoms with van der Waals surface area (Å²) in [5.41, 5.74) is 0.584. The second-order valence-corrected chi connectivity index (χ2v) is 8.46. The van der Waals surface area contributed by atoms with E-state index in [0.717, 1.165) is 6.07 Å². The van der Waals surface area contributed by atoms with Gasteiger partial charge in [-0.15, -0.1) is 0 Å². The van der Waals surface area contributed by atoms with Gasteiger partial charge in [0.25, 0.3) is 0 Å². The molecular formula is C19H20F2N2O3S. The van der Waals surface area contributed by atoms with E-state index in [1.54, 1.807) is 31.2 Å². The molecule has 144 valence electrons. The molecule has 2 aromatic carbocycles. The summed E-state index contributed by atoms with van der Waals surface area (Å²) in [6.45, 7) is 2.16. The Balaban J connectivity index is 1.65. The van der Waals surface area contributed by atoms with E-state index < -0.39 is 33.5 Å². The van der Waals surface area contributed by atoms with Crippen LogP contribution in [0.15, 0.2) is 47.4 Å². The molecule has 1 N–H and O–H groups in total. The topological polar surface area (TPSA) is 66.5 Å². The van der Waals surface area contributed by atoms with Crippen LogP contribution in [0.4, 0.5) is 14.5 Å². The van der Waals surface area contributed by atoms with Crippen LogP contribution in [0.2, 0.25) is 0 Å². The molecule has 1 saturated heterocycles. The Kier molecular flexibility index (Phi) is 5.57. The van der Waals surface area contributed by atoms with Crippen molar-refractivity contribution in [3.63, 3.8) is 0 Å². The van der Waals surface area contributed by atoms with Gasteiger partial charge in [0.1, 0.15) is 11.6 Å². The predicted octanol–water partition coefficient (Wildman–Crippen LogP) is 3.31. The smallest absolute Gasteiger partial charge is 0.243 e. The van der Waals surface area contributed by atoms with Crippen LogP contribution in [0.5, 0.6) is 0 Å². The molecule has 0 atom stereocenters. The summed E-state index contributed by atoms with van der Waals surface area (Å²) in [5.74, 6) is -2.39. The van der Waals surface area contributed by atoms with Gasteiger partial charge in [0.15, 0.2) is 0 Å². The van der Waals surface area contributed by atoms with Crippen LogP contribution in [0.25, 0.3) is 0 Å². The molecule has 0 saturated carbocycles. The maximum atomic E-state index is 13.7. The van der Waals surface area contributed by atoms with E-state index in [4.69, 9.17) is 0 Å². The van der Waals surface area contributed by atoms with Gasteiger partial charge < -0.3 is 5.32 Å². The van der Waals surface area contributed by atoms with Crippen LogP contribution in [-0.2, 0) is 14.8 Å². The van der Waals surface area contributed by atoms with Crippen LogP contribution < -0.4 is 5.32 Å². The molecule has 1 fully saturated rings. The zero-order valence-electron chi connectivity index (χ0n) is 14.8. The van der Waals surface area contributed by atoms with Crippen molar-refractivity contribution in [1.29, 1.82) is 0 Å². The fourth-order valence-corrected chi connectivity index (χ4v) is 4.86. The summed E-state index contributed by atoms with van der Waals surface area (Å²) in [6, 6.07) is 9.70. The molecule has 1 aliphatic heterocycles. The lowest BCUT2D eigenvalue weighted by Crippen LogP contribution is -2.41. The van der Waals surface area contributed by atoms with Crippen molar-refractivity contribution >= 4 is 21.6 Å². The first-order valence-corrected chi connectivity index (χ1v) is 10.0. The van der Waals surface area contributed by atoms with Crippen LogP contribution >= 0.6 is 0 Å². The summed E-state index contributed by atoms with van der Waals surface area (Å²) in [7, 11) is -3.61. The van der Waals surface area contributed by atoms with E-state index in [1.807, 2.05) is 0 Å². The molecule has 2 aromatic rings. The van der Waals surface area contributed by atoms with Gasteiger partial charge in [-0.05, 0) is 43.5 Å². The predicted molar refractivity (Wildman–Crippen MR) is 97.6 cm³/mol. The third-order valence-electron chi connectivity index (χ3n) is 4.73. The quantitative estimate of drug-likeness (QED) is 0.865. The highest BCUT2D eigenvalue weighted by atomic mass is 32.2. The summed E-state index contributed by atoms with van der Waals surface area (Å²) in [6.07, 6.45) is 0.666. The SMILES string of the molecule is Cc1ccccc1S(=O)(=O)N1CCC(C(=O)Nc2ccc(F)cc2F)CC1. The minimum atomic E-state index is -3.61. The largest absolute Gasteiger partial charge is 0.323 e. The first kappa shape index (κ1) is 19.4. The molecule has 0 radical (unpaired) electrons. The van der Waals surface area contributed by atoms with Crippen molar-refractivity contribution in [3.05, 3.63) is 59.7 Å². The van der Waals surface area contributed by atoms with Crippen molar-refractivity contribution in [1.82, 2.24) is 4.31 Å². The van der Waals surface area contributed by atoms with E-state index in [1.165, 1.54) is 10.4 Å². The monoisotopic (exact) mass is 394 g/mol. The van der Waals surface area contributed by atoms with Crippen molar-refractivity contribution in [3.8, 4) is 0 Å². The number of hydrogen-bond acceptors (Lipinski definition) is 3. The van der Waals surface area contributed by atoms with E-state index in [-0.39, 0.29) is 23.7 Å². The van der Waals surface area contributed by atoms with Crippen molar-refractivity contribution < 1.29 is 22.0 Å². The molecule has 27 heavy (non-hydrogen) atoms. The molecule has 0 aromatic heterocycles. The summed E-state index contributed by atoms with van der Waals surface area (Å²) < 4.78 is 53.6. The second-order valence-electron chi connectivity index (χ2n) is 6.56. The Morgan fingerprint density at radius 2 is 1.78 bits per heavy atom. The lowest BCUT2D eigenvalue weighted by molar-refractivity contribution is -0.120. The van der Waals surface area contributed by atoms with Gasteiger partial charge in [-0.1, -0.05) is 18.2 Å². The minimum Gasteiger partial charge on any atom is -0.323 e. The highest BCUT2D eigenvalue weighted by Crippen LogP contribution is 2.26. The zero-order chi connectivity index (χ0) is 19.6. The molecule has 0 unspecified atom stereocenters. The number of aryl methyl sites for hydroxylation is 1. The zero-order valence-corrected chi connectivity index (χ0v) is 15.6. The molecule has 1 amide bonds. The summed E-state index contributed by atoms with van der Waals surface area (Å²) in [5, 5.41) is 2.45. The van der Waals surface area contributed by atoms with Gasteiger partial charge in [-0.2, -0.15) is 4.31 Å². The number of amides is 1. The average molecular weight is 394 g/mol.